The van der Waals surface area contributed by atoms with Crippen molar-refractivity contribution in [2.75, 3.05) is 7.11 Å². The normalized spacial score (nSPS) is 10.7. The van der Waals surface area contributed by atoms with Crippen molar-refractivity contribution in [2.24, 2.45) is 0 Å². The van der Waals surface area contributed by atoms with Crippen molar-refractivity contribution in [3.05, 3.63) is 29.1 Å². The van der Waals surface area contributed by atoms with Crippen molar-refractivity contribution in [3.8, 4) is 5.75 Å². The molecule has 0 aliphatic heterocycles. The lowest BCUT2D eigenvalue weighted by Gasteiger charge is -2.13. The Bertz CT molecular complexity index is 318. The van der Waals surface area contributed by atoms with E-state index in [2.05, 4.69) is 13.8 Å². The zero-order valence-electron chi connectivity index (χ0n) is 9.23. The Balaban J connectivity index is 3.25. The van der Waals surface area contributed by atoms with Crippen LogP contribution in [0.4, 0.5) is 4.39 Å². The van der Waals surface area contributed by atoms with Gasteiger partial charge in [0.1, 0.15) is 11.6 Å². The highest BCUT2D eigenvalue weighted by atomic mass is 19.1. The fourth-order valence-electron chi connectivity index (χ4n) is 1.52. The second-order valence-electron chi connectivity index (χ2n) is 3.69. The van der Waals surface area contributed by atoms with Gasteiger partial charge in [-0.05, 0) is 29.5 Å². The molecule has 0 amide bonds. The fourth-order valence-corrected chi connectivity index (χ4v) is 1.52. The van der Waals surface area contributed by atoms with Crippen LogP contribution in [0.3, 0.4) is 0 Å². The Morgan fingerprint density at radius 3 is 2.43 bits per heavy atom. The van der Waals surface area contributed by atoms with Gasteiger partial charge in [0.05, 0.1) is 7.11 Å². The molecule has 14 heavy (non-hydrogen) atoms. The zero-order chi connectivity index (χ0) is 10.7. The van der Waals surface area contributed by atoms with Gasteiger partial charge < -0.3 is 4.74 Å². The van der Waals surface area contributed by atoms with Crippen LogP contribution in [0.1, 0.15) is 37.8 Å². The minimum absolute atomic E-state index is 0.172. The van der Waals surface area contributed by atoms with E-state index in [0.29, 0.717) is 11.7 Å². The predicted molar refractivity (Wildman–Crippen MR) is 56.4 cm³/mol. The predicted octanol–water partition coefficient (Wildman–Crippen LogP) is 3.52. The summed E-state index contributed by atoms with van der Waals surface area (Å²) in [5.41, 5.74) is 1.83. The molecule has 0 saturated carbocycles. The van der Waals surface area contributed by atoms with Gasteiger partial charge >= 0.3 is 0 Å². The van der Waals surface area contributed by atoms with E-state index in [1.165, 1.54) is 6.07 Å². The summed E-state index contributed by atoms with van der Waals surface area (Å²) in [7, 11) is 1.58. The van der Waals surface area contributed by atoms with Crippen molar-refractivity contribution < 1.29 is 9.13 Å². The average molecular weight is 196 g/mol. The summed E-state index contributed by atoms with van der Waals surface area (Å²) < 4.78 is 18.5. The lowest BCUT2D eigenvalue weighted by atomic mass is 9.98. The Morgan fingerprint density at radius 2 is 2.00 bits per heavy atom. The first-order valence-corrected chi connectivity index (χ1v) is 4.96. The molecule has 1 rings (SSSR count). The van der Waals surface area contributed by atoms with E-state index in [1.807, 2.05) is 13.0 Å². The van der Waals surface area contributed by atoms with E-state index in [9.17, 15) is 4.39 Å². The molecule has 0 aromatic heterocycles. The van der Waals surface area contributed by atoms with Crippen molar-refractivity contribution >= 4 is 0 Å². The third-order valence-electron chi connectivity index (χ3n) is 2.40. The van der Waals surface area contributed by atoms with Crippen molar-refractivity contribution in [3.63, 3.8) is 0 Å². The van der Waals surface area contributed by atoms with Gasteiger partial charge in [0.25, 0.3) is 0 Å². The molecule has 0 aliphatic carbocycles. The van der Waals surface area contributed by atoms with E-state index in [1.54, 1.807) is 7.11 Å². The molecule has 0 heterocycles. The molecular formula is C12H17FO. The van der Waals surface area contributed by atoms with E-state index < -0.39 is 0 Å². The maximum Gasteiger partial charge on any atom is 0.130 e. The van der Waals surface area contributed by atoms with E-state index >= 15 is 0 Å². The average Bonchev–Trinajstić information content (AvgIpc) is 2.16. The molecule has 0 spiro atoms. The highest BCUT2D eigenvalue weighted by molar-refractivity contribution is 5.40. The van der Waals surface area contributed by atoms with Gasteiger partial charge in [-0.15, -0.1) is 0 Å². The quantitative estimate of drug-likeness (QED) is 0.718. The van der Waals surface area contributed by atoms with Gasteiger partial charge in [-0.2, -0.15) is 0 Å². The summed E-state index contributed by atoms with van der Waals surface area (Å²) in [6.45, 7) is 6.11. The smallest absolute Gasteiger partial charge is 0.130 e. The largest absolute Gasteiger partial charge is 0.496 e. The van der Waals surface area contributed by atoms with Crippen molar-refractivity contribution in [1.29, 1.82) is 0 Å². The fraction of sp³-hybridized carbons (Fsp3) is 0.500. The molecule has 1 aromatic carbocycles. The van der Waals surface area contributed by atoms with Gasteiger partial charge in [-0.25, -0.2) is 4.39 Å². The molecule has 1 nitrogen and oxygen atoms in total. The van der Waals surface area contributed by atoms with E-state index in [0.717, 1.165) is 17.5 Å². The van der Waals surface area contributed by atoms with Crippen LogP contribution >= 0.6 is 0 Å². The van der Waals surface area contributed by atoms with Crippen LogP contribution in [0, 0.1) is 5.82 Å². The van der Waals surface area contributed by atoms with Crippen LogP contribution in [0.25, 0.3) is 0 Å². The number of aryl methyl sites for hydroxylation is 1. The first-order chi connectivity index (χ1) is 6.60. The maximum atomic E-state index is 13.4. The number of halogens is 1. The number of methoxy groups -OCH3 is 1. The number of rotatable bonds is 3. The monoisotopic (exact) mass is 196 g/mol. The second-order valence-corrected chi connectivity index (χ2v) is 3.69. The second kappa shape index (κ2) is 4.45. The van der Waals surface area contributed by atoms with Gasteiger partial charge in [-0.3, -0.25) is 0 Å². The minimum Gasteiger partial charge on any atom is -0.496 e. The maximum absolute atomic E-state index is 13.4. The molecule has 0 atom stereocenters. The van der Waals surface area contributed by atoms with Crippen molar-refractivity contribution in [1.82, 2.24) is 0 Å². The topological polar surface area (TPSA) is 9.23 Å². The Morgan fingerprint density at radius 1 is 1.36 bits per heavy atom. The molecular weight excluding hydrogens is 179 g/mol. The summed E-state index contributed by atoms with van der Waals surface area (Å²) in [6.07, 6.45) is 0.718. The SMILES string of the molecule is CCc1cc(C(C)C)c(OC)cc1F. The highest BCUT2D eigenvalue weighted by Gasteiger charge is 2.11. The molecule has 0 N–H and O–H groups in total. The summed E-state index contributed by atoms with van der Waals surface area (Å²) in [5.74, 6) is 0.833. The van der Waals surface area contributed by atoms with Gasteiger partial charge in [0.2, 0.25) is 0 Å². The minimum atomic E-state index is -0.172. The summed E-state index contributed by atoms with van der Waals surface area (Å²) in [4.78, 5) is 0. The summed E-state index contributed by atoms with van der Waals surface area (Å²) in [5, 5.41) is 0. The van der Waals surface area contributed by atoms with Crippen LogP contribution in [-0.4, -0.2) is 7.11 Å². The molecule has 0 unspecified atom stereocenters. The van der Waals surface area contributed by atoms with Crippen LogP contribution < -0.4 is 4.74 Å². The van der Waals surface area contributed by atoms with Gasteiger partial charge in [0.15, 0.2) is 0 Å². The van der Waals surface area contributed by atoms with Crippen molar-refractivity contribution in [2.45, 2.75) is 33.1 Å². The lowest BCUT2D eigenvalue weighted by Crippen LogP contribution is -1.98. The first kappa shape index (κ1) is 11.0. The van der Waals surface area contributed by atoms with Gasteiger partial charge in [-0.1, -0.05) is 20.8 Å². The first-order valence-electron chi connectivity index (χ1n) is 4.96. The van der Waals surface area contributed by atoms with Gasteiger partial charge in [0, 0.05) is 6.07 Å². The molecule has 0 saturated heterocycles. The van der Waals surface area contributed by atoms with E-state index in [4.69, 9.17) is 4.74 Å². The molecule has 0 aliphatic rings. The third kappa shape index (κ3) is 2.06. The van der Waals surface area contributed by atoms with Crippen LogP contribution in [-0.2, 0) is 6.42 Å². The Hall–Kier alpha value is -1.05. The highest BCUT2D eigenvalue weighted by Crippen LogP contribution is 2.29. The van der Waals surface area contributed by atoms with Crippen LogP contribution in [0.15, 0.2) is 12.1 Å². The third-order valence-corrected chi connectivity index (χ3v) is 2.40. The number of hydrogen-bond donors (Lipinski definition) is 0. The summed E-state index contributed by atoms with van der Waals surface area (Å²) >= 11 is 0. The van der Waals surface area contributed by atoms with E-state index in [-0.39, 0.29) is 5.82 Å². The standard InChI is InChI=1S/C12H17FO/c1-5-9-6-10(8(2)3)12(14-4)7-11(9)13/h6-8H,5H2,1-4H3. The molecule has 0 fully saturated rings. The lowest BCUT2D eigenvalue weighted by molar-refractivity contribution is 0.403. The molecule has 78 valence electrons. The molecule has 0 bridgehead atoms. The number of hydrogen-bond acceptors (Lipinski definition) is 1. The number of benzene rings is 1. The molecule has 2 heteroatoms. The molecule has 1 aromatic rings. The molecule has 0 radical (unpaired) electrons. The Labute approximate surface area is 84.9 Å². The number of ether oxygens (including phenoxy) is 1. The van der Waals surface area contributed by atoms with Crippen LogP contribution in [0.5, 0.6) is 5.75 Å². The zero-order valence-corrected chi connectivity index (χ0v) is 9.23. The van der Waals surface area contributed by atoms with Crippen LogP contribution in [0.2, 0.25) is 0 Å². The summed E-state index contributed by atoms with van der Waals surface area (Å²) in [6, 6.07) is 3.38. The Kier molecular flexibility index (Phi) is 3.50.